The van der Waals surface area contributed by atoms with Gasteiger partial charge in [-0.1, -0.05) is 16.7 Å². The SMILES string of the molecule is C[N+]1=C=[N+](c2ccc3c(c2)sc2ncccc23)c2ccccc21. The number of pyridine rings is 1. The van der Waals surface area contributed by atoms with Gasteiger partial charge in [-0.05, 0) is 22.8 Å². The van der Waals surface area contributed by atoms with Crippen molar-refractivity contribution in [3.63, 3.8) is 0 Å². The summed E-state index contributed by atoms with van der Waals surface area (Å²) in [5.41, 5.74) is 3.46. The summed E-state index contributed by atoms with van der Waals surface area (Å²) in [6.45, 7) is 0. The molecule has 1 aliphatic heterocycles. The lowest BCUT2D eigenvalue weighted by Crippen LogP contribution is -1.98. The van der Waals surface area contributed by atoms with Crippen LogP contribution in [-0.4, -0.2) is 22.6 Å². The zero-order valence-corrected chi connectivity index (χ0v) is 13.3. The molecule has 0 radical (unpaired) electrons. The smallest absolute Gasteiger partial charge is 0.245 e. The van der Waals surface area contributed by atoms with Gasteiger partial charge in [-0.15, -0.1) is 11.3 Å². The van der Waals surface area contributed by atoms with Crippen molar-refractivity contribution in [1.82, 2.24) is 9.56 Å². The molecule has 5 rings (SSSR count). The number of benzene rings is 2. The van der Waals surface area contributed by atoms with Crippen molar-refractivity contribution in [2.75, 3.05) is 7.05 Å². The average molecular weight is 315 g/mol. The first-order chi connectivity index (χ1) is 11.3. The fourth-order valence-corrected chi connectivity index (χ4v) is 4.21. The number of para-hydroxylation sites is 2. The fourth-order valence-electron chi connectivity index (χ4n) is 3.13. The van der Waals surface area contributed by atoms with E-state index in [0.717, 1.165) is 16.2 Å². The Balaban J connectivity index is 1.76. The molecule has 4 aromatic rings. The summed E-state index contributed by atoms with van der Waals surface area (Å²) in [5, 5.41) is 2.49. The van der Waals surface area contributed by atoms with Crippen molar-refractivity contribution in [2.24, 2.45) is 0 Å². The van der Waals surface area contributed by atoms with Crippen molar-refractivity contribution in [3.8, 4) is 0 Å². The second-order valence-corrected chi connectivity index (χ2v) is 6.65. The quantitative estimate of drug-likeness (QED) is 0.464. The lowest BCUT2D eigenvalue weighted by atomic mass is 10.1. The van der Waals surface area contributed by atoms with Gasteiger partial charge in [0.05, 0.1) is 0 Å². The van der Waals surface area contributed by atoms with Crippen molar-refractivity contribution >= 4 is 54.7 Å². The minimum atomic E-state index is 1.09. The van der Waals surface area contributed by atoms with E-state index in [9.17, 15) is 0 Å². The molecule has 0 N–H and O–H groups in total. The van der Waals surface area contributed by atoms with E-state index < -0.39 is 0 Å². The van der Waals surface area contributed by atoms with Gasteiger partial charge in [-0.2, -0.15) is 0 Å². The van der Waals surface area contributed by atoms with E-state index in [1.807, 2.05) is 23.9 Å². The molecular weight excluding hydrogens is 302 g/mol. The van der Waals surface area contributed by atoms with Crippen molar-refractivity contribution < 1.29 is 4.58 Å². The molecule has 0 bridgehead atoms. The molecule has 4 heteroatoms. The summed E-state index contributed by atoms with van der Waals surface area (Å²) in [7, 11) is 2.03. The third-order valence-corrected chi connectivity index (χ3v) is 5.30. The van der Waals surface area contributed by atoms with Crippen LogP contribution in [0.15, 0.2) is 60.8 Å². The number of nitrogens with zero attached hydrogens (tertiary/aromatic N) is 3. The van der Waals surface area contributed by atoms with E-state index in [0.29, 0.717) is 0 Å². The Morgan fingerprint density at radius 1 is 0.957 bits per heavy atom. The van der Waals surface area contributed by atoms with E-state index in [1.165, 1.54) is 21.2 Å². The molecule has 0 amide bonds. The highest BCUT2D eigenvalue weighted by atomic mass is 32.1. The zero-order chi connectivity index (χ0) is 15.4. The third kappa shape index (κ3) is 1.80. The highest BCUT2D eigenvalue weighted by Crippen LogP contribution is 2.37. The number of thiophene rings is 1. The Hall–Kier alpha value is -2.81. The van der Waals surface area contributed by atoms with E-state index in [4.69, 9.17) is 0 Å². The van der Waals surface area contributed by atoms with Crippen LogP contribution in [-0.2, 0) is 0 Å². The van der Waals surface area contributed by atoms with E-state index in [2.05, 4.69) is 64.1 Å². The molecule has 0 fully saturated rings. The van der Waals surface area contributed by atoms with Gasteiger partial charge in [0.1, 0.15) is 4.83 Å². The Morgan fingerprint density at radius 3 is 2.74 bits per heavy atom. The van der Waals surface area contributed by atoms with Gasteiger partial charge < -0.3 is 0 Å². The normalized spacial score (nSPS) is 13.3. The van der Waals surface area contributed by atoms with Gasteiger partial charge >= 0.3 is 6.01 Å². The molecule has 108 valence electrons. The highest BCUT2D eigenvalue weighted by Gasteiger charge is 2.32. The summed E-state index contributed by atoms with van der Waals surface area (Å²) in [6.07, 6.45) is 1.85. The molecule has 2 aromatic heterocycles. The Morgan fingerprint density at radius 2 is 1.83 bits per heavy atom. The maximum Gasteiger partial charge on any atom is 0.496 e. The van der Waals surface area contributed by atoms with Crippen LogP contribution >= 0.6 is 11.3 Å². The van der Waals surface area contributed by atoms with Gasteiger partial charge in [0.2, 0.25) is 5.69 Å². The maximum atomic E-state index is 4.47. The van der Waals surface area contributed by atoms with Gasteiger partial charge in [0, 0.05) is 45.9 Å². The summed E-state index contributed by atoms with van der Waals surface area (Å²) >= 11 is 1.74. The Kier molecular flexibility index (Phi) is 2.54. The molecule has 0 unspecified atom stereocenters. The molecule has 0 aliphatic carbocycles. The number of hydrogen-bond donors (Lipinski definition) is 0. The number of hydrogen-bond acceptors (Lipinski definition) is 2. The molecule has 3 nitrogen and oxygen atoms in total. The van der Waals surface area contributed by atoms with Crippen LogP contribution in [0.5, 0.6) is 0 Å². The van der Waals surface area contributed by atoms with E-state index in [-0.39, 0.29) is 0 Å². The lowest BCUT2D eigenvalue weighted by Gasteiger charge is -1.95. The highest BCUT2D eigenvalue weighted by molar-refractivity contribution is 7.25. The summed E-state index contributed by atoms with van der Waals surface area (Å²) in [5.74, 6) is 0. The molecule has 0 saturated heterocycles. The van der Waals surface area contributed by atoms with Gasteiger partial charge in [0.25, 0.3) is 11.4 Å². The van der Waals surface area contributed by atoms with Crippen LogP contribution in [0.2, 0.25) is 0 Å². The summed E-state index contributed by atoms with van der Waals surface area (Å²) in [6, 6.07) is 22.5. The Bertz CT molecular complexity index is 1160. The van der Waals surface area contributed by atoms with Crippen molar-refractivity contribution in [3.05, 3.63) is 60.8 Å². The standard InChI is InChI=1S/C19H13N3S/c1-21-12-22(17-7-3-2-6-16(17)21)13-8-9-14-15-5-4-10-20-19(15)23-18(14)11-13/h2-11H,1H3/q+2. The summed E-state index contributed by atoms with van der Waals surface area (Å²) < 4.78 is 5.41. The van der Waals surface area contributed by atoms with Crippen LogP contribution in [0, 0.1) is 0 Å². The number of aromatic nitrogens is 1. The second-order valence-electron chi connectivity index (χ2n) is 5.62. The first-order valence-electron chi connectivity index (χ1n) is 7.48. The second kappa shape index (κ2) is 4.59. The van der Waals surface area contributed by atoms with Crippen molar-refractivity contribution in [1.29, 1.82) is 0 Å². The predicted octanol–water partition coefficient (Wildman–Crippen LogP) is 4.75. The largest absolute Gasteiger partial charge is 0.496 e. The van der Waals surface area contributed by atoms with Crippen molar-refractivity contribution in [2.45, 2.75) is 0 Å². The topological polar surface area (TPSA) is 18.9 Å². The molecule has 23 heavy (non-hydrogen) atoms. The minimum Gasteiger partial charge on any atom is -0.245 e. The lowest BCUT2D eigenvalue weighted by molar-refractivity contribution is -0.394. The fraction of sp³-hybridized carbons (Fsp3) is 0.0526. The van der Waals surface area contributed by atoms with Gasteiger partial charge in [-0.3, -0.25) is 0 Å². The van der Waals surface area contributed by atoms with Crippen LogP contribution in [0.3, 0.4) is 0 Å². The summed E-state index contributed by atoms with van der Waals surface area (Å²) in [4.78, 5) is 5.56. The zero-order valence-electron chi connectivity index (χ0n) is 12.5. The third-order valence-electron chi connectivity index (χ3n) is 4.23. The van der Waals surface area contributed by atoms with Crippen LogP contribution in [0.1, 0.15) is 0 Å². The number of fused-ring (bicyclic) bond motifs is 4. The monoisotopic (exact) mass is 315 g/mol. The number of rotatable bonds is 1. The molecule has 3 heterocycles. The molecule has 2 aromatic carbocycles. The predicted molar refractivity (Wildman–Crippen MR) is 95.9 cm³/mol. The first kappa shape index (κ1) is 12.7. The molecular formula is C19H13N3S+2. The first-order valence-corrected chi connectivity index (χ1v) is 8.29. The van der Waals surface area contributed by atoms with Gasteiger partial charge in [-0.25, -0.2) is 4.98 Å². The van der Waals surface area contributed by atoms with Crippen LogP contribution < -0.4 is 4.58 Å². The van der Waals surface area contributed by atoms with E-state index >= 15 is 0 Å². The van der Waals surface area contributed by atoms with Gasteiger partial charge in [0.15, 0.2) is 7.05 Å². The molecule has 0 spiro atoms. The minimum absolute atomic E-state index is 1.09. The van der Waals surface area contributed by atoms with Crippen LogP contribution in [0.4, 0.5) is 17.1 Å². The molecule has 1 aliphatic rings. The Labute approximate surface area is 137 Å². The molecule has 0 saturated carbocycles. The molecule has 0 atom stereocenters. The van der Waals surface area contributed by atoms with E-state index in [1.54, 1.807) is 11.3 Å². The maximum absolute atomic E-state index is 4.47. The van der Waals surface area contributed by atoms with Crippen LogP contribution in [0.25, 0.3) is 20.3 Å². The average Bonchev–Trinajstić information content (AvgIpc) is 3.13.